The summed E-state index contributed by atoms with van der Waals surface area (Å²) in [5.41, 5.74) is 1.10. The Morgan fingerprint density at radius 2 is 2.12 bits per heavy atom. The first-order valence-electron chi connectivity index (χ1n) is 5.15. The van der Waals surface area contributed by atoms with Crippen LogP contribution in [-0.2, 0) is 10.0 Å². The van der Waals surface area contributed by atoms with E-state index in [0.29, 0.717) is 6.61 Å². The van der Waals surface area contributed by atoms with E-state index in [1.54, 1.807) is 0 Å². The number of ether oxygens (including phenoxy) is 1. The first kappa shape index (κ1) is 14.3. The molecule has 0 spiro atoms. The van der Waals surface area contributed by atoms with E-state index < -0.39 is 15.2 Å². The van der Waals surface area contributed by atoms with E-state index in [1.807, 2.05) is 31.2 Å². The molecule has 1 rings (SSSR count). The molecule has 0 fully saturated rings. The zero-order chi connectivity index (χ0) is 12.9. The maximum Gasteiger partial charge on any atom is 0.228 e. The van der Waals surface area contributed by atoms with Gasteiger partial charge in [0.1, 0.15) is 17.6 Å². The van der Waals surface area contributed by atoms with E-state index in [4.69, 9.17) is 16.3 Å². The van der Waals surface area contributed by atoms with Gasteiger partial charge in [-0.3, -0.25) is 0 Å². The molecule has 4 nitrogen and oxygen atoms in total. The number of alkyl halides is 1. The number of halogens is 1. The summed E-state index contributed by atoms with van der Waals surface area (Å²) in [6, 6.07) is 7.60. The summed E-state index contributed by atoms with van der Waals surface area (Å²) >= 11 is 5.33. The molecule has 0 atom stereocenters. The third-order valence-corrected chi connectivity index (χ3v) is 4.51. The molecule has 17 heavy (non-hydrogen) atoms. The van der Waals surface area contributed by atoms with E-state index >= 15 is 0 Å². The molecular weight excluding hydrogens is 262 g/mol. The Labute approximate surface area is 107 Å². The van der Waals surface area contributed by atoms with Crippen LogP contribution in [0.25, 0.3) is 0 Å². The van der Waals surface area contributed by atoms with Crippen molar-refractivity contribution < 1.29 is 13.2 Å². The van der Waals surface area contributed by atoms with E-state index in [0.717, 1.165) is 11.3 Å². The van der Waals surface area contributed by atoms with Crippen LogP contribution < -0.4 is 4.74 Å². The largest absolute Gasteiger partial charge is 0.492 e. The molecule has 0 aliphatic rings. The molecule has 0 radical (unpaired) electrons. The van der Waals surface area contributed by atoms with Gasteiger partial charge in [-0.05, 0) is 24.6 Å². The normalized spacial score (nSPS) is 11.8. The molecule has 1 aromatic carbocycles. The third kappa shape index (κ3) is 4.53. The molecular formula is C11H16ClNO3S. The quantitative estimate of drug-likeness (QED) is 0.746. The minimum Gasteiger partial charge on any atom is -0.492 e. The number of likely N-dealkylation sites (N-methyl/N-ethyl adjacent to an activating group) is 1. The van der Waals surface area contributed by atoms with Gasteiger partial charge in [0.25, 0.3) is 0 Å². The first-order chi connectivity index (χ1) is 7.95. The molecule has 1 aromatic rings. The van der Waals surface area contributed by atoms with Crippen molar-refractivity contribution >= 4 is 21.6 Å². The zero-order valence-electron chi connectivity index (χ0n) is 9.89. The van der Waals surface area contributed by atoms with Crippen molar-refractivity contribution in [2.24, 2.45) is 0 Å². The maximum absolute atomic E-state index is 11.3. The van der Waals surface area contributed by atoms with Crippen molar-refractivity contribution in [3.63, 3.8) is 0 Å². The number of benzene rings is 1. The molecule has 0 saturated carbocycles. The van der Waals surface area contributed by atoms with Gasteiger partial charge in [-0.1, -0.05) is 12.1 Å². The summed E-state index contributed by atoms with van der Waals surface area (Å²) in [6.07, 6.45) is 0. The van der Waals surface area contributed by atoms with E-state index in [9.17, 15) is 8.42 Å². The Kier molecular flexibility index (Phi) is 5.24. The molecule has 0 unspecified atom stereocenters. The minimum atomic E-state index is -3.34. The maximum atomic E-state index is 11.3. The van der Waals surface area contributed by atoms with Crippen LogP contribution in [0.5, 0.6) is 5.75 Å². The van der Waals surface area contributed by atoms with Crippen LogP contribution in [-0.4, -0.2) is 38.1 Å². The average Bonchev–Trinajstić information content (AvgIpc) is 2.29. The van der Waals surface area contributed by atoms with Crippen molar-refractivity contribution in [2.75, 3.05) is 25.4 Å². The molecule has 0 aliphatic heterocycles. The molecule has 0 saturated heterocycles. The van der Waals surface area contributed by atoms with Gasteiger partial charge < -0.3 is 4.74 Å². The van der Waals surface area contributed by atoms with Crippen LogP contribution in [0.3, 0.4) is 0 Å². The van der Waals surface area contributed by atoms with Crippen molar-refractivity contribution in [2.45, 2.75) is 6.92 Å². The molecule has 0 amide bonds. The summed E-state index contributed by atoms with van der Waals surface area (Å²) in [5, 5.41) is -0.409. The topological polar surface area (TPSA) is 46.6 Å². The zero-order valence-corrected chi connectivity index (χ0v) is 11.5. The third-order valence-electron chi connectivity index (χ3n) is 2.28. The van der Waals surface area contributed by atoms with Gasteiger partial charge in [-0.15, -0.1) is 11.6 Å². The smallest absolute Gasteiger partial charge is 0.228 e. The van der Waals surface area contributed by atoms with Gasteiger partial charge in [0.05, 0.1) is 0 Å². The van der Waals surface area contributed by atoms with Gasteiger partial charge in [0.2, 0.25) is 10.0 Å². The molecule has 0 aromatic heterocycles. The fourth-order valence-corrected chi connectivity index (χ4v) is 2.24. The van der Waals surface area contributed by atoms with Crippen molar-refractivity contribution in [3.8, 4) is 5.75 Å². The fourth-order valence-electron chi connectivity index (χ4n) is 1.22. The highest BCUT2D eigenvalue weighted by atomic mass is 35.5. The molecule has 0 heterocycles. The SMILES string of the molecule is Cc1cccc(OCCN(C)S(=O)(=O)CCl)c1. The summed E-state index contributed by atoms with van der Waals surface area (Å²) in [5.74, 6) is 0.738. The first-order valence-corrected chi connectivity index (χ1v) is 7.29. The number of aryl methyl sites for hydroxylation is 1. The lowest BCUT2D eigenvalue weighted by atomic mass is 10.2. The van der Waals surface area contributed by atoms with E-state index in [2.05, 4.69) is 0 Å². The molecule has 6 heteroatoms. The van der Waals surface area contributed by atoms with Crippen LogP contribution in [0.2, 0.25) is 0 Å². The van der Waals surface area contributed by atoms with E-state index in [-0.39, 0.29) is 6.54 Å². The molecule has 96 valence electrons. The summed E-state index contributed by atoms with van der Waals surface area (Å²) in [6.45, 7) is 2.55. The number of nitrogens with zero attached hydrogens (tertiary/aromatic N) is 1. The Balaban J connectivity index is 2.43. The monoisotopic (exact) mass is 277 g/mol. The second-order valence-electron chi connectivity index (χ2n) is 3.71. The Morgan fingerprint density at radius 1 is 1.41 bits per heavy atom. The Bertz CT molecular complexity index is 462. The predicted molar refractivity (Wildman–Crippen MR) is 68.9 cm³/mol. The lowest BCUT2D eigenvalue weighted by Crippen LogP contribution is -2.31. The lowest BCUT2D eigenvalue weighted by Gasteiger charge is -2.15. The van der Waals surface area contributed by atoms with Crippen molar-refractivity contribution in [3.05, 3.63) is 29.8 Å². The number of hydrogen-bond donors (Lipinski definition) is 0. The van der Waals surface area contributed by atoms with Crippen molar-refractivity contribution in [1.29, 1.82) is 0 Å². The van der Waals surface area contributed by atoms with Crippen LogP contribution in [0.4, 0.5) is 0 Å². The molecule has 0 N–H and O–H groups in total. The lowest BCUT2D eigenvalue weighted by molar-refractivity contribution is 0.287. The highest BCUT2D eigenvalue weighted by Gasteiger charge is 2.15. The van der Waals surface area contributed by atoms with Crippen LogP contribution >= 0.6 is 11.6 Å². The van der Waals surface area contributed by atoms with Crippen molar-refractivity contribution in [1.82, 2.24) is 4.31 Å². The van der Waals surface area contributed by atoms with Crippen LogP contribution in [0.15, 0.2) is 24.3 Å². The predicted octanol–water partition coefficient (Wildman–Crippen LogP) is 1.83. The van der Waals surface area contributed by atoms with Gasteiger partial charge in [-0.2, -0.15) is 0 Å². The highest BCUT2D eigenvalue weighted by Crippen LogP contribution is 2.12. The summed E-state index contributed by atoms with van der Waals surface area (Å²) < 4.78 is 29.3. The summed E-state index contributed by atoms with van der Waals surface area (Å²) in [7, 11) is -1.86. The molecule has 0 aliphatic carbocycles. The second kappa shape index (κ2) is 6.23. The number of rotatable bonds is 6. The summed E-state index contributed by atoms with van der Waals surface area (Å²) in [4.78, 5) is 0. The Morgan fingerprint density at radius 3 is 2.71 bits per heavy atom. The molecule has 0 bridgehead atoms. The highest BCUT2D eigenvalue weighted by molar-refractivity contribution is 7.90. The van der Waals surface area contributed by atoms with Gasteiger partial charge in [0, 0.05) is 13.6 Å². The number of hydrogen-bond acceptors (Lipinski definition) is 3. The number of sulfonamides is 1. The standard InChI is InChI=1S/C11H16ClNO3S/c1-10-4-3-5-11(8-10)16-7-6-13(2)17(14,15)9-12/h3-5,8H,6-7,9H2,1-2H3. The average molecular weight is 278 g/mol. The fraction of sp³-hybridized carbons (Fsp3) is 0.455. The van der Waals surface area contributed by atoms with Gasteiger partial charge >= 0.3 is 0 Å². The second-order valence-corrected chi connectivity index (χ2v) is 6.37. The van der Waals surface area contributed by atoms with E-state index in [1.165, 1.54) is 11.4 Å². The van der Waals surface area contributed by atoms with Crippen LogP contribution in [0, 0.1) is 6.92 Å². The van der Waals surface area contributed by atoms with Crippen LogP contribution in [0.1, 0.15) is 5.56 Å². The van der Waals surface area contributed by atoms with Gasteiger partial charge in [0.15, 0.2) is 0 Å². The minimum absolute atomic E-state index is 0.281. The Hall–Kier alpha value is -0.780. The van der Waals surface area contributed by atoms with Gasteiger partial charge in [-0.25, -0.2) is 12.7 Å².